The Morgan fingerprint density at radius 2 is 2.25 bits per heavy atom. The fraction of sp³-hybridized carbons (Fsp3) is 0.273. The van der Waals surface area contributed by atoms with Gasteiger partial charge in [0.15, 0.2) is 0 Å². The van der Waals surface area contributed by atoms with Crippen LogP contribution in [0.4, 0.5) is 4.39 Å². The van der Waals surface area contributed by atoms with E-state index in [1.165, 1.54) is 12.3 Å². The summed E-state index contributed by atoms with van der Waals surface area (Å²) in [5, 5.41) is 4.13. The molecule has 1 atom stereocenters. The molecule has 0 spiro atoms. The summed E-state index contributed by atoms with van der Waals surface area (Å²) < 4.78 is 14.5. The lowest BCUT2D eigenvalue weighted by Gasteiger charge is -2.12. The summed E-state index contributed by atoms with van der Waals surface area (Å²) in [4.78, 5) is 3.97. The van der Waals surface area contributed by atoms with Crippen LogP contribution in [0.15, 0.2) is 30.6 Å². The Hall–Kier alpha value is -1.75. The third kappa shape index (κ3) is 1.94. The smallest absolute Gasteiger partial charge is 0.141 e. The van der Waals surface area contributed by atoms with E-state index in [0.717, 1.165) is 12.2 Å². The molecular weight excluding hydrogens is 207 g/mol. The van der Waals surface area contributed by atoms with E-state index in [2.05, 4.69) is 10.1 Å². The first kappa shape index (κ1) is 10.8. The summed E-state index contributed by atoms with van der Waals surface area (Å²) in [7, 11) is 0. The Labute approximate surface area is 92.9 Å². The molecule has 2 heterocycles. The topological polar surface area (TPSA) is 56.7 Å². The van der Waals surface area contributed by atoms with Crippen molar-refractivity contribution in [2.75, 3.05) is 0 Å². The van der Waals surface area contributed by atoms with Gasteiger partial charge in [0.25, 0.3) is 0 Å². The van der Waals surface area contributed by atoms with E-state index >= 15 is 0 Å². The zero-order valence-electron chi connectivity index (χ0n) is 8.97. The molecule has 0 saturated heterocycles. The van der Waals surface area contributed by atoms with Gasteiger partial charge in [0.1, 0.15) is 5.82 Å². The molecule has 4 nitrogen and oxygen atoms in total. The van der Waals surface area contributed by atoms with Gasteiger partial charge in [-0.3, -0.25) is 9.67 Å². The summed E-state index contributed by atoms with van der Waals surface area (Å²) in [6.45, 7) is 2.73. The van der Waals surface area contributed by atoms with Gasteiger partial charge in [0.2, 0.25) is 0 Å². The van der Waals surface area contributed by atoms with Crippen LogP contribution < -0.4 is 5.73 Å². The van der Waals surface area contributed by atoms with Gasteiger partial charge in [-0.2, -0.15) is 5.10 Å². The Morgan fingerprint density at radius 1 is 1.44 bits per heavy atom. The van der Waals surface area contributed by atoms with E-state index in [0.29, 0.717) is 5.69 Å². The molecule has 16 heavy (non-hydrogen) atoms. The maximum Gasteiger partial charge on any atom is 0.141 e. The molecule has 0 bridgehead atoms. The van der Waals surface area contributed by atoms with Gasteiger partial charge in [-0.15, -0.1) is 0 Å². The Balaban J connectivity index is 2.31. The normalized spacial score (nSPS) is 12.7. The quantitative estimate of drug-likeness (QED) is 0.852. The molecule has 0 aliphatic carbocycles. The van der Waals surface area contributed by atoms with Crippen molar-refractivity contribution < 1.29 is 4.39 Å². The maximum absolute atomic E-state index is 12.7. The lowest BCUT2D eigenvalue weighted by atomic mass is 10.1. The number of hydrogen-bond acceptors (Lipinski definition) is 3. The highest BCUT2D eigenvalue weighted by atomic mass is 19.1. The molecule has 0 fully saturated rings. The number of nitrogens with two attached hydrogens (primary N) is 1. The first-order valence-corrected chi connectivity index (χ1v) is 5.11. The van der Waals surface area contributed by atoms with Gasteiger partial charge in [0.05, 0.1) is 23.6 Å². The van der Waals surface area contributed by atoms with Crippen LogP contribution in [0.3, 0.4) is 0 Å². The minimum atomic E-state index is -0.372. The van der Waals surface area contributed by atoms with Crippen molar-refractivity contribution in [3.63, 3.8) is 0 Å². The predicted molar refractivity (Wildman–Crippen MR) is 58.1 cm³/mol. The van der Waals surface area contributed by atoms with E-state index in [9.17, 15) is 4.39 Å². The van der Waals surface area contributed by atoms with Gasteiger partial charge >= 0.3 is 0 Å². The van der Waals surface area contributed by atoms with E-state index in [1.54, 1.807) is 16.9 Å². The van der Waals surface area contributed by atoms with Crippen molar-refractivity contribution in [1.29, 1.82) is 0 Å². The molecule has 84 valence electrons. The van der Waals surface area contributed by atoms with Crippen LogP contribution in [0.25, 0.3) is 0 Å². The maximum atomic E-state index is 12.7. The van der Waals surface area contributed by atoms with Crippen molar-refractivity contribution in [3.8, 4) is 0 Å². The van der Waals surface area contributed by atoms with Crippen LogP contribution in [0, 0.1) is 5.82 Å². The average Bonchev–Trinajstić information content (AvgIpc) is 2.77. The molecule has 0 radical (unpaired) electrons. The SMILES string of the molecule is CCn1nccc1C(N)c1ccc(F)cn1. The minimum Gasteiger partial charge on any atom is -0.318 e. The minimum absolute atomic E-state index is 0.361. The third-order valence-corrected chi connectivity index (χ3v) is 2.44. The number of pyridine rings is 1. The monoisotopic (exact) mass is 220 g/mol. The number of aromatic nitrogens is 3. The first-order valence-electron chi connectivity index (χ1n) is 5.11. The van der Waals surface area contributed by atoms with Crippen LogP contribution >= 0.6 is 0 Å². The third-order valence-electron chi connectivity index (χ3n) is 2.44. The lowest BCUT2D eigenvalue weighted by Crippen LogP contribution is -2.18. The molecule has 2 aromatic heterocycles. The average molecular weight is 220 g/mol. The summed E-state index contributed by atoms with van der Waals surface area (Å²) in [5.74, 6) is -0.361. The number of nitrogens with zero attached hydrogens (tertiary/aromatic N) is 3. The highest BCUT2D eigenvalue weighted by Crippen LogP contribution is 2.17. The Kier molecular flexibility index (Phi) is 2.96. The van der Waals surface area contributed by atoms with Gasteiger partial charge in [0, 0.05) is 12.7 Å². The molecule has 0 aromatic carbocycles. The number of hydrogen-bond donors (Lipinski definition) is 1. The van der Waals surface area contributed by atoms with Gasteiger partial charge < -0.3 is 5.73 Å². The molecular formula is C11H13FN4. The standard InChI is InChI=1S/C11H13FN4/c1-2-16-10(5-6-15-16)11(13)9-4-3-8(12)7-14-9/h3-7,11H,2,13H2,1H3. The zero-order chi connectivity index (χ0) is 11.5. The van der Waals surface area contributed by atoms with Crippen LogP contribution in [0.1, 0.15) is 24.4 Å². The second-order valence-electron chi connectivity index (χ2n) is 3.45. The van der Waals surface area contributed by atoms with E-state index in [1.807, 2.05) is 13.0 Å². The van der Waals surface area contributed by atoms with Gasteiger partial charge in [-0.05, 0) is 25.1 Å². The fourth-order valence-corrected chi connectivity index (χ4v) is 1.59. The zero-order valence-corrected chi connectivity index (χ0v) is 8.97. The molecule has 2 N–H and O–H groups in total. The second-order valence-corrected chi connectivity index (χ2v) is 3.45. The summed E-state index contributed by atoms with van der Waals surface area (Å²) in [5.41, 5.74) is 7.55. The fourth-order valence-electron chi connectivity index (χ4n) is 1.59. The van der Waals surface area contributed by atoms with E-state index < -0.39 is 0 Å². The van der Waals surface area contributed by atoms with Crippen LogP contribution in [0.2, 0.25) is 0 Å². The van der Waals surface area contributed by atoms with E-state index in [-0.39, 0.29) is 11.9 Å². The van der Waals surface area contributed by atoms with Gasteiger partial charge in [-0.25, -0.2) is 4.39 Å². The Bertz CT molecular complexity index is 463. The number of rotatable bonds is 3. The summed E-state index contributed by atoms with van der Waals surface area (Å²) in [6.07, 6.45) is 2.87. The highest BCUT2D eigenvalue weighted by molar-refractivity contribution is 5.21. The van der Waals surface area contributed by atoms with Crippen LogP contribution in [0.5, 0.6) is 0 Å². The number of halogens is 1. The largest absolute Gasteiger partial charge is 0.318 e. The summed E-state index contributed by atoms with van der Waals surface area (Å²) >= 11 is 0. The lowest BCUT2D eigenvalue weighted by molar-refractivity contribution is 0.590. The Morgan fingerprint density at radius 3 is 2.88 bits per heavy atom. The molecule has 0 saturated carbocycles. The molecule has 2 rings (SSSR count). The number of aryl methyl sites for hydroxylation is 1. The summed E-state index contributed by atoms with van der Waals surface area (Å²) in [6, 6.07) is 4.42. The van der Waals surface area contributed by atoms with Crippen LogP contribution in [-0.2, 0) is 6.54 Å². The molecule has 5 heteroatoms. The molecule has 1 unspecified atom stereocenters. The second kappa shape index (κ2) is 4.40. The van der Waals surface area contributed by atoms with Crippen molar-refractivity contribution in [2.45, 2.75) is 19.5 Å². The van der Waals surface area contributed by atoms with Crippen molar-refractivity contribution >= 4 is 0 Å². The molecule has 0 amide bonds. The van der Waals surface area contributed by atoms with Gasteiger partial charge in [-0.1, -0.05) is 0 Å². The molecule has 0 aliphatic rings. The highest BCUT2D eigenvalue weighted by Gasteiger charge is 2.14. The van der Waals surface area contributed by atoms with E-state index in [4.69, 9.17) is 5.73 Å². The molecule has 0 aliphatic heterocycles. The van der Waals surface area contributed by atoms with Crippen LogP contribution in [-0.4, -0.2) is 14.8 Å². The first-order chi connectivity index (χ1) is 7.72. The predicted octanol–water partition coefficient (Wildman–Crippen LogP) is 1.49. The van der Waals surface area contributed by atoms with Crippen molar-refractivity contribution in [1.82, 2.24) is 14.8 Å². The molecule has 2 aromatic rings. The van der Waals surface area contributed by atoms with Crippen molar-refractivity contribution in [3.05, 3.63) is 47.8 Å². The van der Waals surface area contributed by atoms with Crippen molar-refractivity contribution in [2.24, 2.45) is 5.73 Å².